The summed E-state index contributed by atoms with van der Waals surface area (Å²) in [6.45, 7) is 1.98. The third-order valence-electron chi connectivity index (χ3n) is 5.45. The maximum absolute atomic E-state index is 15.4. The minimum Gasteiger partial charge on any atom is -0.468 e. The molecule has 11 nitrogen and oxygen atoms in total. The summed E-state index contributed by atoms with van der Waals surface area (Å²) in [5, 5.41) is 13.2. The van der Waals surface area contributed by atoms with Crippen molar-refractivity contribution in [3.63, 3.8) is 0 Å². The van der Waals surface area contributed by atoms with Crippen molar-refractivity contribution >= 4 is 13.5 Å². The average Bonchev–Trinajstić information content (AvgIpc) is 3.01. The van der Waals surface area contributed by atoms with Crippen LogP contribution in [0.2, 0.25) is 0 Å². The van der Waals surface area contributed by atoms with Crippen LogP contribution in [-0.4, -0.2) is 58.3 Å². The predicted molar refractivity (Wildman–Crippen MR) is 119 cm³/mol. The van der Waals surface area contributed by atoms with E-state index in [0.717, 1.165) is 23.8 Å². The average molecular weight is 499 g/mol. The monoisotopic (exact) mass is 499 g/mol. The van der Waals surface area contributed by atoms with Gasteiger partial charge in [-0.15, -0.1) is 0 Å². The summed E-state index contributed by atoms with van der Waals surface area (Å²) in [4.78, 5) is 37.3. The van der Waals surface area contributed by atoms with E-state index in [9.17, 15) is 24.1 Å². The Kier molecular flexibility index (Phi) is 7.89. The van der Waals surface area contributed by atoms with Gasteiger partial charge in [0.25, 0.3) is 13.1 Å². The highest BCUT2D eigenvalue weighted by Gasteiger charge is 2.55. The highest BCUT2D eigenvalue weighted by molar-refractivity contribution is 7.56. The fourth-order valence-electron chi connectivity index (χ4n) is 3.63. The molecular formula is C21H27FN3O8P. The smallest absolute Gasteiger partial charge is 0.330 e. The number of rotatable bonds is 9. The molecule has 1 fully saturated rings. The largest absolute Gasteiger partial charge is 0.468 e. The zero-order chi connectivity index (χ0) is 25.1. The summed E-state index contributed by atoms with van der Waals surface area (Å²) in [5.41, 5.74) is -3.38. The molecule has 2 heterocycles. The van der Waals surface area contributed by atoms with Crippen LogP contribution >= 0.6 is 7.52 Å². The molecule has 1 saturated heterocycles. The van der Waals surface area contributed by atoms with Crippen molar-refractivity contribution in [1.82, 2.24) is 14.6 Å². The van der Waals surface area contributed by atoms with Crippen LogP contribution in [0.4, 0.5) is 4.39 Å². The summed E-state index contributed by atoms with van der Waals surface area (Å²) < 4.78 is 45.7. The van der Waals surface area contributed by atoms with Gasteiger partial charge in [-0.25, -0.2) is 14.3 Å². The lowest BCUT2D eigenvalue weighted by Crippen LogP contribution is -2.43. The third kappa shape index (κ3) is 5.70. The van der Waals surface area contributed by atoms with Crippen LogP contribution in [-0.2, 0) is 29.5 Å². The van der Waals surface area contributed by atoms with Gasteiger partial charge in [-0.1, -0.05) is 30.3 Å². The number of hydrogen-bond acceptors (Lipinski definition) is 8. The van der Waals surface area contributed by atoms with Crippen LogP contribution in [0.3, 0.4) is 0 Å². The number of alkyl halides is 1. The van der Waals surface area contributed by atoms with E-state index < -0.39 is 61.5 Å². The molecule has 0 spiro atoms. The summed E-state index contributed by atoms with van der Waals surface area (Å²) in [5.74, 6) is -0.664. The van der Waals surface area contributed by atoms with Gasteiger partial charge in [-0.05, 0) is 19.4 Å². The van der Waals surface area contributed by atoms with E-state index in [1.54, 1.807) is 30.3 Å². The fraction of sp³-hybridized carbons (Fsp3) is 0.476. The molecule has 3 rings (SSSR count). The molecule has 3 N–H and O–H groups in total. The normalized spacial score (nSPS) is 27.1. The molecule has 0 unspecified atom stereocenters. The lowest BCUT2D eigenvalue weighted by Gasteiger charge is -2.25. The first-order valence-corrected chi connectivity index (χ1v) is 12.2. The molecule has 0 radical (unpaired) electrons. The number of hydrogen-bond donors (Lipinski definition) is 3. The Morgan fingerprint density at radius 1 is 1.35 bits per heavy atom. The minimum absolute atomic E-state index is 0.103. The van der Waals surface area contributed by atoms with Gasteiger partial charge in [-0.3, -0.25) is 23.7 Å². The van der Waals surface area contributed by atoms with Crippen molar-refractivity contribution in [3.05, 3.63) is 69.0 Å². The Labute approximate surface area is 194 Å². The highest BCUT2D eigenvalue weighted by Crippen LogP contribution is 2.48. The van der Waals surface area contributed by atoms with Crippen LogP contribution in [0.1, 0.15) is 25.6 Å². The maximum Gasteiger partial charge on any atom is 0.330 e. The van der Waals surface area contributed by atoms with Gasteiger partial charge < -0.3 is 19.1 Å². The SMILES string of the molecule is COC(=O)[C@H](C)N[P@@](=O)(Cc1ccccc1)OC[C@H]1O[C@@H](n2ccc(=O)[nH]c2=O)[C@](C)(F)[C@@H]1O. The molecule has 186 valence electrons. The van der Waals surface area contributed by atoms with E-state index in [1.165, 1.54) is 14.0 Å². The van der Waals surface area contributed by atoms with E-state index >= 15 is 4.39 Å². The molecular weight excluding hydrogens is 472 g/mol. The number of carbonyl (C=O) groups excluding carboxylic acids is 1. The third-order valence-corrected chi connectivity index (χ3v) is 7.58. The molecule has 0 saturated carbocycles. The van der Waals surface area contributed by atoms with Crippen LogP contribution in [0.15, 0.2) is 52.2 Å². The van der Waals surface area contributed by atoms with E-state index in [4.69, 9.17) is 9.26 Å². The Bertz CT molecular complexity index is 1170. The van der Waals surface area contributed by atoms with E-state index in [-0.39, 0.29) is 6.16 Å². The van der Waals surface area contributed by atoms with Gasteiger partial charge in [0, 0.05) is 12.3 Å². The van der Waals surface area contributed by atoms with Crippen LogP contribution < -0.4 is 16.3 Å². The van der Waals surface area contributed by atoms with E-state index in [0.29, 0.717) is 5.56 Å². The molecule has 13 heteroatoms. The first-order chi connectivity index (χ1) is 16.0. The van der Waals surface area contributed by atoms with E-state index in [2.05, 4.69) is 9.82 Å². The number of aromatic amines is 1. The summed E-state index contributed by atoms with van der Waals surface area (Å²) >= 11 is 0. The van der Waals surface area contributed by atoms with Crippen molar-refractivity contribution in [2.75, 3.05) is 13.7 Å². The van der Waals surface area contributed by atoms with Gasteiger partial charge in [-0.2, -0.15) is 0 Å². The molecule has 0 amide bonds. The summed E-state index contributed by atoms with van der Waals surface area (Å²) in [6, 6.07) is 8.75. The Morgan fingerprint density at radius 3 is 2.65 bits per heavy atom. The molecule has 0 bridgehead atoms. The fourth-order valence-corrected chi connectivity index (χ4v) is 5.67. The van der Waals surface area contributed by atoms with Crippen LogP contribution in [0, 0.1) is 0 Å². The Balaban J connectivity index is 1.80. The quantitative estimate of drug-likeness (QED) is 0.340. The highest BCUT2D eigenvalue weighted by atomic mass is 31.2. The van der Waals surface area contributed by atoms with Gasteiger partial charge in [0.1, 0.15) is 18.2 Å². The first kappa shape index (κ1) is 26.0. The number of aromatic nitrogens is 2. The maximum atomic E-state index is 15.4. The van der Waals surface area contributed by atoms with Gasteiger partial charge in [0.2, 0.25) is 0 Å². The second kappa shape index (κ2) is 10.3. The number of halogens is 1. The van der Waals surface area contributed by atoms with Crippen molar-refractivity contribution in [3.8, 4) is 0 Å². The molecule has 6 atom stereocenters. The molecule has 1 aliphatic rings. The lowest BCUT2D eigenvalue weighted by molar-refractivity contribution is -0.142. The molecule has 34 heavy (non-hydrogen) atoms. The van der Waals surface area contributed by atoms with Crippen molar-refractivity contribution in [1.29, 1.82) is 0 Å². The standard InChI is InChI=1S/C21H27FN3O8P/c1-13(18(28)31-3)24-34(30,12-14-7-5-4-6-8-14)32-11-15-17(27)21(2,22)19(33-15)25-10-9-16(26)23-20(25)29/h4-10,13,15,17,19,27H,11-12H2,1-3H3,(H,24,30)(H,23,26,29)/t13-,15+,17+,19+,21+,34+/m0/s1. The Morgan fingerprint density at radius 2 is 2.03 bits per heavy atom. The Hall–Kier alpha value is -2.63. The van der Waals surface area contributed by atoms with Gasteiger partial charge in [0.15, 0.2) is 11.9 Å². The summed E-state index contributed by atoms with van der Waals surface area (Å²) in [7, 11) is -2.59. The molecule has 1 aliphatic heterocycles. The molecule has 0 aliphatic carbocycles. The topological polar surface area (TPSA) is 149 Å². The van der Waals surface area contributed by atoms with Gasteiger partial charge >= 0.3 is 11.7 Å². The minimum atomic E-state index is -3.77. The zero-order valence-electron chi connectivity index (χ0n) is 18.8. The number of nitrogens with zero attached hydrogens (tertiary/aromatic N) is 1. The molecule has 2 aromatic rings. The summed E-state index contributed by atoms with van der Waals surface area (Å²) in [6.07, 6.45) is -3.68. The van der Waals surface area contributed by atoms with Gasteiger partial charge in [0.05, 0.1) is 19.9 Å². The number of carbonyl (C=O) groups is 1. The van der Waals surface area contributed by atoms with Crippen LogP contribution in [0.5, 0.6) is 0 Å². The number of ether oxygens (including phenoxy) is 2. The number of benzene rings is 1. The lowest BCUT2D eigenvalue weighted by atomic mass is 9.98. The number of esters is 1. The number of methoxy groups -OCH3 is 1. The number of H-pyrrole nitrogens is 1. The number of nitrogens with one attached hydrogen (secondary N) is 2. The zero-order valence-corrected chi connectivity index (χ0v) is 19.7. The second-order valence-corrected chi connectivity index (χ2v) is 10.3. The molecule has 1 aromatic carbocycles. The predicted octanol–water partition coefficient (Wildman–Crippen LogP) is 1.08. The molecule has 1 aromatic heterocycles. The van der Waals surface area contributed by atoms with Crippen molar-refractivity contribution in [2.45, 2.75) is 50.2 Å². The number of aliphatic hydroxyl groups is 1. The first-order valence-electron chi connectivity index (χ1n) is 10.4. The van der Waals surface area contributed by atoms with Crippen LogP contribution in [0.25, 0.3) is 0 Å². The number of aliphatic hydroxyl groups excluding tert-OH is 1. The van der Waals surface area contributed by atoms with Crippen molar-refractivity contribution in [2.24, 2.45) is 0 Å². The van der Waals surface area contributed by atoms with Crippen molar-refractivity contribution < 1.29 is 32.9 Å². The van der Waals surface area contributed by atoms with E-state index in [1.807, 2.05) is 4.98 Å². The second-order valence-electron chi connectivity index (χ2n) is 8.13.